The molecule has 0 aliphatic carbocycles. The molecular weight excluding hydrogens is 291 g/mol. The second-order valence-electron chi connectivity index (χ2n) is 4.72. The molecule has 0 aromatic heterocycles. The molecule has 0 heterocycles. The minimum absolute atomic E-state index is 0.00695. The van der Waals surface area contributed by atoms with E-state index in [9.17, 15) is 9.18 Å². The zero-order valence-electron chi connectivity index (χ0n) is 11.6. The Kier molecular flexibility index (Phi) is 4.81. The van der Waals surface area contributed by atoms with E-state index in [1.807, 2.05) is 6.92 Å². The summed E-state index contributed by atoms with van der Waals surface area (Å²) in [5.41, 5.74) is 7.26. The molecule has 2 rings (SSSR count). The monoisotopic (exact) mass is 306 g/mol. The largest absolute Gasteiger partial charge is 0.378 e. The molecule has 21 heavy (non-hydrogen) atoms. The quantitative estimate of drug-likeness (QED) is 0.872. The number of carbonyl (C=O) groups excluding carboxylic acids is 1. The Morgan fingerprint density at radius 3 is 2.52 bits per heavy atom. The van der Waals surface area contributed by atoms with Crippen LogP contribution in [-0.2, 0) is 0 Å². The zero-order chi connectivity index (χ0) is 15.4. The minimum atomic E-state index is -0.571. The van der Waals surface area contributed by atoms with Crippen LogP contribution in [0.4, 0.5) is 10.1 Å². The molecule has 0 aliphatic rings. The van der Waals surface area contributed by atoms with Crippen molar-refractivity contribution in [2.75, 3.05) is 5.32 Å². The maximum absolute atomic E-state index is 13.0. The molecule has 1 unspecified atom stereocenters. The number of carbonyl (C=O) groups is 1. The fourth-order valence-electron chi connectivity index (χ4n) is 2.12. The van der Waals surface area contributed by atoms with E-state index in [1.54, 1.807) is 30.3 Å². The van der Waals surface area contributed by atoms with Crippen LogP contribution < -0.4 is 11.1 Å². The van der Waals surface area contributed by atoms with Crippen LogP contribution in [0.15, 0.2) is 42.5 Å². The van der Waals surface area contributed by atoms with Gasteiger partial charge in [0.15, 0.2) is 0 Å². The number of amides is 1. The molecule has 0 spiro atoms. The highest BCUT2D eigenvalue weighted by molar-refractivity contribution is 6.33. The van der Waals surface area contributed by atoms with E-state index >= 15 is 0 Å². The van der Waals surface area contributed by atoms with Crippen molar-refractivity contribution in [2.45, 2.75) is 19.4 Å². The van der Waals surface area contributed by atoms with Crippen molar-refractivity contribution in [3.8, 4) is 0 Å². The molecule has 110 valence electrons. The van der Waals surface area contributed by atoms with E-state index < -0.39 is 5.91 Å². The van der Waals surface area contributed by atoms with Crippen LogP contribution in [0.1, 0.15) is 35.3 Å². The Morgan fingerprint density at radius 2 is 1.95 bits per heavy atom. The maximum atomic E-state index is 13.0. The molecule has 2 aromatic rings. The van der Waals surface area contributed by atoms with Gasteiger partial charge in [-0.3, -0.25) is 4.79 Å². The number of nitrogens with two attached hydrogens (primary N) is 1. The number of rotatable bonds is 5. The summed E-state index contributed by atoms with van der Waals surface area (Å²) < 4.78 is 13.0. The average Bonchev–Trinajstić information content (AvgIpc) is 2.47. The van der Waals surface area contributed by atoms with Gasteiger partial charge in [0.25, 0.3) is 0 Å². The van der Waals surface area contributed by atoms with E-state index in [1.165, 1.54) is 12.1 Å². The summed E-state index contributed by atoms with van der Waals surface area (Å²) in [7, 11) is 0. The summed E-state index contributed by atoms with van der Waals surface area (Å²) >= 11 is 5.93. The van der Waals surface area contributed by atoms with Crippen molar-refractivity contribution in [1.29, 1.82) is 0 Å². The Bertz CT molecular complexity index is 643. The van der Waals surface area contributed by atoms with Gasteiger partial charge in [0, 0.05) is 5.69 Å². The zero-order valence-corrected chi connectivity index (χ0v) is 12.3. The van der Waals surface area contributed by atoms with Gasteiger partial charge >= 0.3 is 0 Å². The number of nitrogens with one attached hydrogen (secondary N) is 1. The first-order chi connectivity index (χ1) is 10.0. The summed E-state index contributed by atoms with van der Waals surface area (Å²) in [5.74, 6) is -0.838. The molecular formula is C16H16ClFN2O. The van der Waals surface area contributed by atoms with Gasteiger partial charge in [0.1, 0.15) is 5.82 Å². The fourth-order valence-corrected chi connectivity index (χ4v) is 2.33. The Morgan fingerprint density at radius 1 is 1.29 bits per heavy atom. The number of hydrogen-bond donors (Lipinski definition) is 2. The third kappa shape index (κ3) is 3.73. The van der Waals surface area contributed by atoms with E-state index in [0.29, 0.717) is 5.02 Å². The molecule has 0 saturated carbocycles. The van der Waals surface area contributed by atoms with Crippen LogP contribution in [0.2, 0.25) is 5.02 Å². The Hall–Kier alpha value is -2.07. The summed E-state index contributed by atoms with van der Waals surface area (Å²) in [5, 5.41) is 3.62. The van der Waals surface area contributed by atoms with E-state index in [2.05, 4.69) is 5.32 Å². The van der Waals surface area contributed by atoms with Crippen molar-refractivity contribution in [3.05, 3.63) is 64.4 Å². The van der Waals surface area contributed by atoms with Crippen LogP contribution in [0.25, 0.3) is 0 Å². The SMILES string of the molecule is CCC(Nc1ccc(Cl)c(C(N)=O)c1)c1ccc(F)cc1. The van der Waals surface area contributed by atoms with Gasteiger partial charge in [-0.2, -0.15) is 0 Å². The highest BCUT2D eigenvalue weighted by Gasteiger charge is 2.12. The molecule has 0 bridgehead atoms. The van der Waals surface area contributed by atoms with Crippen LogP contribution in [0, 0.1) is 5.82 Å². The summed E-state index contributed by atoms with van der Waals surface area (Å²) in [6.45, 7) is 2.02. The lowest BCUT2D eigenvalue weighted by molar-refractivity contribution is 0.100. The summed E-state index contributed by atoms with van der Waals surface area (Å²) in [6.07, 6.45) is 0.806. The van der Waals surface area contributed by atoms with Gasteiger partial charge in [-0.1, -0.05) is 30.7 Å². The van der Waals surface area contributed by atoms with Crippen LogP contribution in [0.3, 0.4) is 0 Å². The normalized spacial score (nSPS) is 12.0. The second-order valence-corrected chi connectivity index (χ2v) is 5.12. The number of hydrogen-bond acceptors (Lipinski definition) is 2. The molecule has 1 atom stereocenters. The average molecular weight is 307 g/mol. The predicted octanol–water partition coefficient (Wildman–Crippen LogP) is 4.14. The molecule has 0 saturated heterocycles. The minimum Gasteiger partial charge on any atom is -0.378 e. The topological polar surface area (TPSA) is 55.1 Å². The van der Waals surface area contributed by atoms with Crippen molar-refractivity contribution < 1.29 is 9.18 Å². The first-order valence-electron chi connectivity index (χ1n) is 6.62. The van der Waals surface area contributed by atoms with Crippen molar-refractivity contribution in [2.24, 2.45) is 5.73 Å². The second kappa shape index (κ2) is 6.59. The Balaban J connectivity index is 2.24. The van der Waals surface area contributed by atoms with Gasteiger partial charge in [-0.25, -0.2) is 4.39 Å². The van der Waals surface area contributed by atoms with Gasteiger partial charge in [0.05, 0.1) is 16.6 Å². The van der Waals surface area contributed by atoms with Crippen LogP contribution in [-0.4, -0.2) is 5.91 Å². The summed E-state index contributed by atoms with van der Waals surface area (Å²) in [6, 6.07) is 11.4. The smallest absolute Gasteiger partial charge is 0.250 e. The Labute approximate surface area is 127 Å². The van der Waals surface area contributed by atoms with Crippen LogP contribution in [0.5, 0.6) is 0 Å². The van der Waals surface area contributed by atoms with Gasteiger partial charge in [-0.15, -0.1) is 0 Å². The molecule has 0 aliphatic heterocycles. The standard InChI is InChI=1S/C16H16ClFN2O/c1-2-15(10-3-5-11(18)6-4-10)20-12-7-8-14(17)13(9-12)16(19)21/h3-9,15,20H,2H2,1H3,(H2,19,21). The number of benzene rings is 2. The lowest BCUT2D eigenvalue weighted by atomic mass is 10.0. The van der Waals surface area contributed by atoms with Crippen molar-refractivity contribution in [1.82, 2.24) is 0 Å². The van der Waals surface area contributed by atoms with Crippen LogP contribution >= 0.6 is 11.6 Å². The van der Waals surface area contributed by atoms with Gasteiger partial charge in [0.2, 0.25) is 5.91 Å². The number of halogens is 2. The first kappa shape index (κ1) is 15.3. The molecule has 2 aromatic carbocycles. The maximum Gasteiger partial charge on any atom is 0.250 e. The molecule has 1 amide bonds. The number of primary amides is 1. The van der Waals surface area contributed by atoms with E-state index in [-0.39, 0.29) is 17.4 Å². The van der Waals surface area contributed by atoms with Crippen molar-refractivity contribution >= 4 is 23.2 Å². The van der Waals surface area contributed by atoms with Gasteiger partial charge < -0.3 is 11.1 Å². The third-order valence-electron chi connectivity index (χ3n) is 3.25. The molecule has 0 radical (unpaired) electrons. The highest BCUT2D eigenvalue weighted by atomic mass is 35.5. The molecule has 5 heteroatoms. The highest BCUT2D eigenvalue weighted by Crippen LogP contribution is 2.26. The van der Waals surface area contributed by atoms with Crippen molar-refractivity contribution in [3.63, 3.8) is 0 Å². The lowest BCUT2D eigenvalue weighted by Gasteiger charge is -2.19. The van der Waals surface area contributed by atoms with E-state index in [4.69, 9.17) is 17.3 Å². The first-order valence-corrected chi connectivity index (χ1v) is 7.00. The number of anilines is 1. The third-order valence-corrected chi connectivity index (χ3v) is 3.58. The van der Waals surface area contributed by atoms with Gasteiger partial charge in [-0.05, 0) is 42.3 Å². The molecule has 3 nitrogen and oxygen atoms in total. The van der Waals surface area contributed by atoms with E-state index in [0.717, 1.165) is 17.7 Å². The fraction of sp³-hybridized carbons (Fsp3) is 0.188. The summed E-state index contributed by atoms with van der Waals surface area (Å²) in [4.78, 5) is 11.3. The predicted molar refractivity (Wildman–Crippen MR) is 83.0 cm³/mol. The molecule has 3 N–H and O–H groups in total. The molecule has 0 fully saturated rings. The lowest BCUT2D eigenvalue weighted by Crippen LogP contribution is -2.14.